The van der Waals surface area contributed by atoms with Gasteiger partial charge in [-0.3, -0.25) is 0 Å². The number of fused-ring (bicyclic) bond motifs is 15. The summed E-state index contributed by atoms with van der Waals surface area (Å²) in [6, 6.07) is 68.3. The van der Waals surface area contributed by atoms with E-state index in [1.165, 1.54) is 131 Å². The molecule has 7 aliphatic rings. The summed E-state index contributed by atoms with van der Waals surface area (Å²) >= 11 is 1.96. The zero-order chi connectivity index (χ0) is 42.6. The van der Waals surface area contributed by atoms with Crippen LogP contribution in [0.15, 0.2) is 186 Å². The van der Waals surface area contributed by atoms with Crippen molar-refractivity contribution < 1.29 is 0 Å². The van der Waals surface area contributed by atoms with Crippen molar-refractivity contribution in [1.29, 1.82) is 0 Å². The van der Waals surface area contributed by atoms with E-state index in [-0.39, 0.29) is 5.41 Å². The van der Waals surface area contributed by atoms with Crippen LogP contribution >= 0.6 is 11.8 Å². The number of anilines is 3. The van der Waals surface area contributed by atoms with Crippen LogP contribution in [0.3, 0.4) is 0 Å². The van der Waals surface area contributed by atoms with E-state index < -0.39 is 5.41 Å². The maximum Gasteiger partial charge on any atom is 0.0765 e. The number of hydrogen-bond acceptors (Lipinski definition) is 2. The largest absolute Gasteiger partial charge is 0.309 e. The lowest BCUT2D eigenvalue weighted by Gasteiger charge is -2.73. The number of nitrogens with zero attached hydrogens (tertiary/aromatic N) is 2. The Morgan fingerprint density at radius 1 is 0.538 bits per heavy atom. The van der Waals surface area contributed by atoms with Crippen molar-refractivity contribution in [3.63, 3.8) is 0 Å². The van der Waals surface area contributed by atoms with Gasteiger partial charge in [0.2, 0.25) is 0 Å². The van der Waals surface area contributed by atoms with Crippen molar-refractivity contribution in [3.05, 3.63) is 215 Å². The molecule has 4 fully saturated rings. The summed E-state index contributed by atoms with van der Waals surface area (Å²) in [5.41, 5.74) is 20.4. The van der Waals surface area contributed by atoms with Crippen LogP contribution in [-0.2, 0) is 16.2 Å². The topological polar surface area (TPSA) is 8.17 Å². The summed E-state index contributed by atoms with van der Waals surface area (Å²) in [5.74, 6) is 2.87. The predicted molar refractivity (Wildman–Crippen MR) is 267 cm³/mol. The van der Waals surface area contributed by atoms with Crippen molar-refractivity contribution in [3.8, 4) is 16.8 Å². The molecule has 2 bridgehead atoms. The molecular formula is C62H48N2S. The van der Waals surface area contributed by atoms with Gasteiger partial charge in [0.1, 0.15) is 0 Å². The summed E-state index contributed by atoms with van der Waals surface area (Å²) in [6.07, 6.45) is 7.27. The first-order chi connectivity index (χ1) is 31.9. The first-order valence-corrected chi connectivity index (χ1v) is 24.9. The van der Waals surface area contributed by atoms with Crippen molar-refractivity contribution in [2.45, 2.75) is 72.0 Å². The van der Waals surface area contributed by atoms with E-state index >= 15 is 0 Å². The first-order valence-electron chi connectivity index (χ1n) is 24.1. The standard InChI is InChI=1S/C62H48N2S/c1-59(2)47-16-5-3-13-43(47)44-30-29-42(33-52(44)59)63(41-27-25-38(26-28-41)60-34-37-31-39-32-40(36-60)61(39,60)35-37)55-23-12-20-51-58(55)65-56-24-10-7-18-49(56)62(51)48-17-6-9-22-54(48)64-53-21-8-4-14-45(53)46-15-11-19-50(62)57(46)64/h3-30,33,37,39-40H,31-32,34-36H2,1-2H3. The van der Waals surface area contributed by atoms with Gasteiger partial charge >= 0.3 is 0 Å². The zero-order valence-electron chi connectivity index (χ0n) is 36.8. The van der Waals surface area contributed by atoms with Crippen LogP contribution in [0.4, 0.5) is 17.1 Å². The molecule has 0 saturated heterocycles. The molecule has 4 saturated carbocycles. The molecule has 3 heteroatoms. The molecule has 65 heavy (non-hydrogen) atoms. The van der Waals surface area contributed by atoms with Crippen molar-refractivity contribution in [2.75, 3.05) is 4.90 Å². The molecule has 1 aromatic heterocycles. The summed E-state index contributed by atoms with van der Waals surface area (Å²) in [7, 11) is 0. The van der Waals surface area contributed by atoms with Gasteiger partial charge in [-0.05, 0) is 154 Å². The van der Waals surface area contributed by atoms with E-state index in [0.717, 1.165) is 17.8 Å². The number of benzene rings is 8. The highest BCUT2D eigenvalue weighted by molar-refractivity contribution is 7.99. The van der Waals surface area contributed by atoms with Crippen LogP contribution < -0.4 is 4.90 Å². The lowest BCUT2D eigenvalue weighted by molar-refractivity contribution is -0.198. The third kappa shape index (κ3) is 4.03. The molecule has 3 heterocycles. The van der Waals surface area contributed by atoms with E-state index in [2.05, 4.69) is 199 Å². The maximum absolute atomic E-state index is 2.62. The van der Waals surface area contributed by atoms with Gasteiger partial charge in [0.25, 0.3) is 0 Å². The molecule has 6 atom stereocenters. The monoisotopic (exact) mass is 852 g/mol. The summed E-state index contributed by atoms with van der Waals surface area (Å²) in [5, 5.41) is 2.61. The summed E-state index contributed by atoms with van der Waals surface area (Å²) in [4.78, 5) is 5.25. The normalized spacial score (nSPS) is 27.0. The Bertz CT molecular complexity index is 3590. The number of rotatable bonds is 4. The minimum Gasteiger partial charge on any atom is -0.309 e. The molecule has 2 spiro atoms. The molecule has 2 aliphatic heterocycles. The molecular weight excluding hydrogens is 805 g/mol. The fraction of sp³-hybridized carbons (Fsp3) is 0.226. The minimum atomic E-state index is -0.551. The lowest BCUT2D eigenvalue weighted by Crippen LogP contribution is -2.68. The van der Waals surface area contributed by atoms with Gasteiger partial charge in [0.05, 0.1) is 27.8 Å². The van der Waals surface area contributed by atoms with E-state index in [0.29, 0.717) is 10.8 Å². The molecule has 0 amide bonds. The molecule has 8 aromatic carbocycles. The highest BCUT2D eigenvalue weighted by atomic mass is 32.2. The Morgan fingerprint density at radius 2 is 1.25 bits per heavy atom. The number of para-hydroxylation sites is 3. The van der Waals surface area contributed by atoms with Crippen LogP contribution in [0.1, 0.15) is 84.9 Å². The molecule has 2 nitrogen and oxygen atoms in total. The quantitative estimate of drug-likeness (QED) is 0.174. The smallest absolute Gasteiger partial charge is 0.0765 e. The second-order valence-electron chi connectivity index (χ2n) is 21.3. The highest BCUT2D eigenvalue weighted by Crippen LogP contribution is 2.86. The molecule has 16 rings (SSSR count). The van der Waals surface area contributed by atoms with Gasteiger partial charge in [-0.25, -0.2) is 0 Å². The van der Waals surface area contributed by atoms with E-state index in [1.54, 1.807) is 5.56 Å². The van der Waals surface area contributed by atoms with Gasteiger partial charge < -0.3 is 9.47 Å². The van der Waals surface area contributed by atoms with Crippen molar-refractivity contribution in [1.82, 2.24) is 4.57 Å². The molecule has 0 N–H and O–H groups in total. The Kier molecular flexibility index (Phi) is 6.61. The average molecular weight is 853 g/mol. The van der Waals surface area contributed by atoms with Gasteiger partial charge in [-0.15, -0.1) is 0 Å². The van der Waals surface area contributed by atoms with E-state index in [1.807, 2.05) is 11.8 Å². The lowest BCUT2D eigenvalue weighted by atomic mass is 9.31. The third-order valence-corrected chi connectivity index (χ3v) is 19.9. The van der Waals surface area contributed by atoms with Gasteiger partial charge in [0.15, 0.2) is 0 Å². The maximum atomic E-state index is 2.62. The summed E-state index contributed by atoms with van der Waals surface area (Å²) < 4.78 is 2.55. The number of aromatic nitrogens is 1. The minimum absolute atomic E-state index is 0.116. The first kappa shape index (κ1) is 36.0. The Labute approximate surface area is 385 Å². The van der Waals surface area contributed by atoms with Gasteiger partial charge in [0, 0.05) is 42.8 Å². The van der Waals surface area contributed by atoms with Crippen LogP contribution in [0.2, 0.25) is 0 Å². The van der Waals surface area contributed by atoms with Gasteiger partial charge in [-0.1, -0.05) is 153 Å². The predicted octanol–water partition coefficient (Wildman–Crippen LogP) is 15.8. The van der Waals surface area contributed by atoms with Crippen LogP contribution in [0.25, 0.3) is 38.6 Å². The third-order valence-electron chi connectivity index (χ3n) is 18.7. The SMILES string of the molecule is CC1(C)c2ccccc2-c2ccc(N(c3ccc(C45CC6CC7CC(C4)C75C6)cc3)c3cccc4c3Sc3ccccc3C43c4ccccc4-n4c5ccccc5c5cccc3c54)cc21. The van der Waals surface area contributed by atoms with Gasteiger partial charge in [-0.2, -0.15) is 0 Å². The van der Waals surface area contributed by atoms with Crippen molar-refractivity contribution in [2.24, 2.45) is 23.2 Å². The van der Waals surface area contributed by atoms with Crippen LogP contribution in [-0.4, -0.2) is 4.57 Å². The fourth-order valence-electron chi connectivity index (χ4n) is 16.4. The Balaban J connectivity index is 0.955. The average Bonchev–Trinajstić information content (AvgIpc) is 4.03. The second kappa shape index (κ2) is 11.9. The summed E-state index contributed by atoms with van der Waals surface area (Å²) in [6.45, 7) is 4.82. The van der Waals surface area contributed by atoms with Crippen LogP contribution in [0, 0.1) is 23.2 Å². The van der Waals surface area contributed by atoms with Crippen LogP contribution in [0.5, 0.6) is 0 Å². The molecule has 6 unspecified atom stereocenters. The van der Waals surface area contributed by atoms with Crippen molar-refractivity contribution >= 4 is 50.6 Å². The molecule has 312 valence electrons. The highest BCUT2D eigenvalue weighted by Gasteiger charge is 2.80. The second-order valence-corrected chi connectivity index (χ2v) is 22.4. The molecule has 0 radical (unpaired) electrons. The van der Waals surface area contributed by atoms with E-state index in [9.17, 15) is 0 Å². The fourth-order valence-corrected chi connectivity index (χ4v) is 17.7. The zero-order valence-corrected chi connectivity index (χ0v) is 37.6. The molecule has 5 aliphatic carbocycles. The van der Waals surface area contributed by atoms with E-state index in [4.69, 9.17) is 0 Å². The Morgan fingerprint density at radius 3 is 2.12 bits per heavy atom. The molecule has 9 aromatic rings. The Hall–Kier alpha value is -6.29. The number of hydrogen-bond donors (Lipinski definition) is 0.